The largest absolute Gasteiger partial charge is 0.383 e. The smallest absolute Gasteiger partial charge is 0.238 e. The fourth-order valence-corrected chi connectivity index (χ4v) is 3.33. The van der Waals surface area contributed by atoms with E-state index in [-0.39, 0.29) is 22.4 Å². The molecule has 1 aromatic carbocycles. The van der Waals surface area contributed by atoms with Crippen molar-refractivity contribution in [2.24, 2.45) is 5.14 Å². The number of nitrogen functional groups attached to an aromatic ring is 2. The van der Waals surface area contributed by atoms with Gasteiger partial charge in [0.05, 0.1) is 10.1 Å². The van der Waals surface area contributed by atoms with Crippen LogP contribution in [0.1, 0.15) is 13.3 Å². The first-order valence-electron chi connectivity index (χ1n) is 7.19. The molecule has 11 heteroatoms. The summed E-state index contributed by atoms with van der Waals surface area (Å²) in [6.45, 7) is 1.84. The third kappa shape index (κ3) is 5.31. The van der Waals surface area contributed by atoms with E-state index >= 15 is 0 Å². The molecular formula is C14H18N6O3S2. The van der Waals surface area contributed by atoms with E-state index in [1.807, 2.05) is 6.92 Å². The minimum Gasteiger partial charge on any atom is -0.383 e. The molecule has 0 aliphatic rings. The van der Waals surface area contributed by atoms with Crippen LogP contribution in [-0.2, 0) is 14.8 Å². The molecule has 0 saturated heterocycles. The monoisotopic (exact) mass is 382 g/mol. The zero-order valence-electron chi connectivity index (χ0n) is 13.3. The summed E-state index contributed by atoms with van der Waals surface area (Å²) in [4.78, 5) is 20.5. The maximum Gasteiger partial charge on any atom is 0.238 e. The van der Waals surface area contributed by atoms with Crippen LogP contribution < -0.4 is 21.9 Å². The van der Waals surface area contributed by atoms with E-state index in [1.54, 1.807) is 0 Å². The lowest BCUT2D eigenvalue weighted by atomic mass is 10.3. The van der Waals surface area contributed by atoms with Crippen molar-refractivity contribution >= 4 is 45.0 Å². The highest BCUT2D eigenvalue weighted by Gasteiger charge is 2.20. The normalized spacial score (nSPS) is 12.6. The van der Waals surface area contributed by atoms with Gasteiger partial charge in [0.25, 0.3) is 0 Å². The summed E-state index contributed by atoms with van der Waals surface area (Å²) < 4.78 is 22.5. The van der Waals surface area contributed by atoms with Gasteiger partial charge in [-0.3, -0.25) is 4.79 Å². The lowest BCUT2D eigenvalue weighted by molar-refractivity contribution is -0.115. The molecule has 1 amide bonds. The fraction of sp³-hybridized carbons (Fsp3) is 0.214. The number of nitrogens with zero attached hydrogens (tertiary/aromatic N) is 2. The van der Waals surface area contributed by atoms with Crippen molar-refractivity contribution in [3.05, 3.63) is 30.3 Å². The van der Waals surface area contributed by atoms with Gasteiger partial charge in [-0.25, -0.2) is 23.5 Å². The Morgan fingerprint density at radius 1 is 1.20 bits per heavy atom. The first-order valence-corrected chi connectivity index (χ1v) is 9.62. The Morgan fingerprint density at radius 3 is 2.24 bits per heavy atom. The zero-order chi connectivity index (χ0) is 18.6. The van der Waals surface area contributed by atoms with Gasteiger partial charge in [-0.1, -0.05) is 18.7 Å². The Balaban J connectivity index is 2.09. The number of hydrogen-bond acceptors (Lipinski definition) is 8. The number of amides is 1. The zero-order valence-corrected chi connectivity index (χ0v) is 15.0. The van der Waals surface area contributed by atoms with Gasteiger partial charge in [-0.15, -0.1) is 0 Å². The van der Waals surface area contributed by atoms with Crippen LogP contribution in [0.5, 0.6) is 0 Å². The lowest BCUT2D eigenvalue weighted by Gasteiger charge is -2.14. The topological polar surface area (TPSA) is 167 Å². The minimum atomic E-state index is -3.77. The van der Waals surface area contributed by atoms with Crippen molar-refractivity contribution in [1.29, 1.82) is 0 Å². The summed E-state index contributed by atoms with van der Waals surface area (Å²) in [5, 5.41) is 7.58. The Labute approximate surface area is 149 Å². The van der Waals surface area contributed by atoms with Crippen LogP contribution in [0, 0.1) is 0 Å². The molecule has 0 radical (unpaired) electrons. The standard InChI is InChI=1S/C14H18N6O3S2/c1-2-10(24-14-19-11(15)7-12(16)20-14)13(21)18-8-3-5-9(6-4-8)25(17,22)23/h3-7,10H,2H2,1H3,(H,18,21)(H2,17,22,23)(H4,15,16,19,20). The van der Waals surface area contributed by atoms with Crippen molar-refractivity contribution in [1.82, 2.24) is 9.97 Å². The van der Waals surface area contributed by atoms with Crippen LogP contribution in [-0.4, -0.2) is 29.5 Å². The molecule has 1 aromatic heterocycles. The van der Waals surface area contributed by atoms with Crippen LogP contribution in [0.2, 0.25) is 0 Å². The quantitative estimate of drug-likeness (QED) is 0.420. The number of nitrogens with one attached hydrogen (secondary N) is 1. The second kappa shape index (κ2) is 7.68. The van der Waals surface area contributed by atoms with E-state index in [0.29, 0.717) is 17.3 Å². The van der Waals surface area contributed by atoms with Gasteiger partial charge in [0.2, 0.25) is 15.9 Å². The number of hydrogen-bond donors (Lipinski definition) is 4. The third-order valence-corrected chi connectivity index (χ3v) is 5.26. The van der Waals surface area contributed by atoms with E-state index in [9.17, 15) is 13.2 Å². The molecular weight excluding hydrogens is 364 g/mol. The van der Waals surface area contributed by atoms with Crippen LogP contribution >= 0.6 is 11.8 Å². The molecule has 2 aromatic rings. The predicted molar refractivity (Wildman–Crippen MR) is 97.2 cm³/mol. The number of carbonyl (C=O) groups excluding carboxylic acids is 1. The first kappa shape index (κ1) is 19.0. The molecule has 2 rings (SSSR count). The number of carbonyl (C=O) groups is 1. The molecule has 0 aliphatic carbocycles. The summed E-state index contributed by atoms with van der Waals surface area (Å²) in [5.74, 6) is 0.174. The van der Waals surface area contributed by atoms with E-state index in [2.05, 4.69) is 15.3 Å². The number of benzene rings is 1. The molecule has 134 valence electrons. The van der Waals surface area contributed by atoms with E-state index in [0.717, 1.165) is 11.8 Å². The van der Waals surface area contributed by atoms with Crippen molar-refractivity contribution in [3.63, 3.8) is 0 Å². The van der Waals surface area contributed by atoms with E-state index in [1.165, 1.54) is 30.3 Å². The number of primary sulfonamides is 1. The highest BCUT2D eigenvalue weighted by atomic mass is 32.2. The van der Waals surface area contributed by atoms with Crippen molar-refractivity contribution in [2.75, 3.05) is 16.8 Å². The Bertz CT molecular complexity index is 850. The molecule has 0 fully saturated rings. The number of anilines is 3. The van der Waals surface area contributed by atoms with Gasteiger partial charge in [0.15, 0.2) is 5.16 Å². The molecule has 0 spiro atoms. The molecule has 25 heavy (non-hydrogen) atoms. The number of aromatic nitrogens is 2. The summed E-state index contributed by atoms with van der Waals surface area (Å²) >= 11 is 1.14. The van der Waals surface area contributed by atoms with Gasteiger partial charge in [0, 0.05) is 11.8 Å². The summed E-state index contributed by atoms with van der Waals surface area (Å²) in [6.07, 6.45) is 0.518. The van der Waals surface area contributed by atoms with Crippen LogP contribution in [0.3, 0.4) is 0 Å². The number of rotatable bonds is 6. The molecule has 7 N–H and O–H groups in total. The van der Waals surface area contributed by atoms with Crippen LogP contribution in [0.25, 0.3) is 0 Å². The predicted octanol–water partition coefficient (Wildman–Crippen LogP) is 0.798. The molecule has 9 nitrogen and oxygen atoms in total. The van der Waals surface area contributed by atoms with Crippen LogP contribution in [0.4, 0.5) is 17.3 Å². The van der Waals surface area contributed by atoms with Gasteiger partial charge in [0.1, 0.15) is 11.6 Å². The van der Waals surface area contributed by atoms with Crippen LogP contribution in [0.15, 0.2) is 40.4 Å². The summed E-state index contributed by atoms with van der Waals surface area (Å²) in [7, 11) is -3.77. The Morgan fingerprint density at radius 2 is 1.76 bits per heavy atom. The Hall–Kier alpha value is -2.37. The van der Waals surface area contributed by atoms with Crippen molar-refractivity contribution in [2.45, 2.75) is 28.6 Å². The lowest BCUT2D eigenvalue weighted by Crippen LogP contribution is -2.25. The molecule has 1 unspecified atom stereocenters. The molecule has 1 heterocycles. The van der Waals surface area contributed by atoms with Gasteiger partial charge in [-0.2, -0.15) is 0 Å². The highest BCUT2D eigenvalue weighted by Crippen LogP contribution is 2.25. The second-order valence-electron chi connectivity index (χ2n) is 5.07. The summed E-state index contributed by atoms with van der Waals surface area (Å²) in [5.41, 5.74) is 11.7. The summed E-state index contributed by atoms with van der Waals surface area (Å²) in [6, 6.07) is 6.99. The SMILES string of the molecule is CCC(Sc1nc(N)cc(N)n1)C(=O)Nc1ccc(S(N)(=O)=O)cc1. The second-order valence-corrected chi connectivity index (χ2v) is 7.80. The maximum atomic E-state index is 12.4. The minimum absolute atomic E-state index is 0.0319. The molecule has 1 atom stereocenters. The maximum absolute atomic E-state index is 12.4. The van der Waals surface area contributed by atoms with Gasteiger partial charge < -0.3 is 16.8 Å². The molecule has 0 saturated carbocycles. The van der Waals surface area contributed by atoms with E-state index < -0.39 is 15.3 Å². The number of thioether (sulfide) groups is 1. The molecule has 0 bridgehead atoms. The van der Waals surface area contributed by atoms with Gasteiger partial charge >= 0.3 is 0 Å². The molecule has 0 aliphatic heterocycles. The number of sulfonamides is 1. The number of nitrogens with two attached hydrogens (primary N) is 3. The van der Waals surface area contributed by atoms with E-state index in [4.69, 9.17) is 16.6 Å². The average Bonchev–Trinajstić information content (AvgIpc) is 2.51. The highest BCUT2D eigenvalue weighted by molar-refractivity contribution is 8.00. The third-order valence-electron chi connectivity index (χ3n) is 3.11. The van der Waals surface area contributed by atoms with Gasteiger partial charge in [-0.05, 0) is 30.7 Å². The first-order chi connectivity index (χ1) is 11.7. The fourth-order valence-electron chi connectivity index (χ4n) is 1.91. The van der Waals surface area contributed by atoms with Crippen molar-refractivity contribution < 1.29 is 13.2 Å². The van der Waals surface area contributed by atoms with Crippen molar-refractivity contribution in [3.8, 4) is 0 Å². The average molecular weight is 382 g/mol. The Kier molecular flexibility index (Phi) is 5.82.